The van der Waals surface area contributed by atoms with E-state index in [1.165, 1.54) is 25.8 Å². The first-order valence-electron chi connectivity index (χ1n) is 11.1. The fourth-order valence-corrected chi connectivity index (χ4v) is 4.88. The molecule has 0 N–H and O–H groups in total. The summed E-state index contributed by atoms with van der Waals surface area (Å²) in [5.74, 6) is 0.350. The summed E-state index contributed by atoms with van der Waals surface area (Å²) < 4.78 is 0. The zero-order valence-corrected chi connectivity index (χ0v) is 17.4. The lowest BCUT2D eigenvalue weighted by Gasteiger charge is -2.42. The van der Waals surface area contributed by atoms with Gasteiger partial charge >= 0.3 is 0 Å². The molecule has 0 aromatic rings. The van der Waals surface area contributed by atoms with Crippen LogP contribution in [-0.4, -0.2) is 96.4 Å². The number of nitrogens with zero attached hydrogens (tertiary/aromatic N) is 4. The van der Waals surface area contributed by atoms with Gasteiger partial charge < -0.3 is 14.7 Å². The summed E-state index contributed by atoms with van der Waals surface area (Å²) in [4.78, 5) is 34.5. The van der Waals surface area contributed by atoms with E-state index in [0.29, 0.717) is 12.5 Å². The van der Waals surface area contributed by atoms with E-state index in [0.717, 1.165) is 65.0 Å². The highest BCUT2D eigenvalue weighted by Crippen LogP contribution is 2.22. The molecule has 0 radical (unpaired) electrons. The molecule has 0 aromatic carbocycles. The van der Waals surface area contributed by atoms with Gasteiger partial charge in [-0.2, -0.15) is 0 Å². The van der Waals surface area contributed by atoms with Crippen LogP contribution in [0, 0.1) is 0 Å². The van der Waals surface area contributed by atoms with E-state index in [4.69, 9.17) is 0 Å². The number of piperazine rings is 1. The highest BCUT2D eigenvalue weighted by molar-refractivity contribution is 5.88. The summed E-state index contributed by atoms with van der Waals surface area (Å²) in [7, 11) is 2.24. The molecule has 2 atom stereocenters. The van der Waals surface area contributed by atoms with Crippen molar-refractivity contribution in [2.45, 2.75) is 70.4 Å². The fourth-order valence-electron chi connectivity index (χ4n) is 4.88. The third kappa shape index (κ3) is 5.23. The van der Waals surface area contributed by atoms with Crippen molar-refractivity contribution in [3.05, 3.63) is 0 Å². The van der Waals surface area contributed by atoms with Crippen LogP contribution in [0.3, 0.4) is 0 Å². The Morgan fingerprint density at radius 1 is 0.889 bits per heavy atom. The molecule has 6 heteroatoms. The number of carbonyl (C=O) groups excluding carboxylic acids is 2. The normalized spacial score (nSPS) is 28.4. The standard InChI is InChI=1S/C21H38N4O2/c1-3-8-20(26)25-12-7-5-10-19(25)21(27)24-15-13-23(14-16-24)17-18-9-4-6-11-22(18)2/h18-19H,3-17H2,1-2H3. The second-order valence-corrected chi connectivity index (χ2v) is 8.60. The average Bonchev–Trinajstić information content (AvgIpc) is 2.70. The summed E-state index contributed by atoms with van der Waals surface area (Å²) in [5.41, 5.74) is 0. The quantitative estimate of drug-likeness (QED) is 0.732. The molecule has 154 valence electrons. The first-order valence-corrected chi connectivity index (χ1v) is 11.1. The van der Waals surface area contributed by atoms with Gasteiger partial charge in [0.1, 0.15) is 6.04 Å². The van der Waals surface area contributed by atoms with E-state index >= 15 is 0 Å². The van der Waals surface area contributed by atoms with Crippen LogP contribution in [0.15, 0.2) is 0 Å². The van der Waals surface area contributed by atoms with Crippen molar-refractivity contribution in [2.24, 2.45) is 0 Å². The molecule has 2 unspecified atom stereocenters. The molecule has 0 bridgehead atoms. The Morgan fingerprint density at radius 3 is 2.30 bits per heavy atom. The Balaban J connectivity index is 1.50. The van der Waals surface area contributed by atoms with Crippen LogP contribution < -0.4 is 0 Å². The number of rotatable bonds is 5. The van der Waals surface area contributed by atoms with Crippen LogP contribution in [-0.2, 0) is 9.59 Å². The smallest absolute Gasteiger partial charge is 0.245 e. The van der Waals surface area contributed by atoms with E-state index in [9.17, 15) is 9.59 Å². The van der Waals surface area contributed by atoms with Crippen molar-refractivity contribution in [3.8, 4) is 0 Å². The second-order valence-electron chi connectivity index (χ2n) is 8.60. The van der Waals surface area contributed by atoms with Crippen LogP contribution in [0.2, 0.25) is 0 Å². The minimum absolute atomic E-state index is 0.162. The number of hydrogen-bond acceptors (Lipinski definition) is 4. The maximum atomic E-state index is 13.1. The van der Waals surface area contributed by atoms with E-state index in [-0.39, 0.29) is 17.9 Å². The summed E-state index contributed by atoms with van der Waals surface area (Å²) in [6, 6.07) is 0.454. The topological polar surface area (TPSA) is 47.1 Å². The Bertz CT molecular complexity index is 504. The predicted octanol–water partition coefficient (Wildman–Crippen LogP) is 1.80. The van der Waals surface area contributed by atoms with Crippen molar-refractivity contribution < 1.29 is 9.59 Å². The molecular weight excluding hydrogens is 340 g/mol. The van der Waals surface area contributed by atoms with E-state index in [2.05, 4.69) is 16.8 Å². The van der Waals surface area contributed by atoms with Crippen LogP contribution in [0.1, 0.15) is 58.3 Å². The number of piperidine rings is 2. The molecule has 3 heterocycles. The van der Waals surface area contributed by atoms with Crippen molar-refractivity contribution in [2.75, 3.05) is 52.9 Å². The van der Waals surface area contributed by atoms with Crippen molar-refractivity contribution >= 4 is 11.8 Å². The van der Waals surface area contributed by atoms with E-state index < -0.39 is 0 Å². The number of hydrogen-bond donors (Lipinski definition) is 0. The fraction of sp³-hybridized carbons (Fsp3) is 0.905. The van der Waals surface area contributed by atoms with Gasteiger partial charge in [0, 0.05) is 51.7 Å². The van der Waals surface area contributed by atoms with Gasteiger partial charge in [0.25, 0.3) is 0 Å². The van der Waals surface area contributed by atoms with Crippen LogP contribution in [0.4, 0.5) is 0 Å². The molecular formula is C21H38N4O2. The van der Waals surface area contributed by atoms with E-state index in [1.807, 2.05) is 16.7 Å². The summed E-state index contributed by atoms with van der Waals surface area (Å²) in [6.45, 7) is 8.67. The molecule has 0 aromatic heterocycles. The van der Waals surface area contributed by atoms with Crippen molar-refractivity contribution in [1.82, 2.24) is 19.6 Å². The van der Waals surface area contributed by atoms with Gasteiger partial charge in [-0.15, -0.1) is 0 Å². The summed E-state index contributed by atoms with van der Waals surface area (Å²) in [6.07, 6.45) is 8.30. The highest BCUT2D eigenvalue weighted by Gasteiger charge is 2.35. The van der Waals surface area contributed by atoms with Crippen molar-refractivity contribution in [3.63, 3.8) is 0 Å². The lowest BCUT2D eigenvalue weighted by molar-refractivity contribution is -0.148. The van der Waals surface area contributed by atoms with Gasteiger partial charge in [0.15, 0.2) is 0 Å². The molecule has 3 rings (SSSR count). The number of carbonyl (C=O) groups is 2. The monoisotopic (exact) mass is 378 g/mol. The highest BCUT2D eigenvalue weighted by atomic mass is 16.2. The molecule has 2 amide bonds. The molecule has 3 aliphatic heterocycles. The predicted molar refractivity (Wildman–Crippen MR) is 108 cm³/mol. The third-order valence-corrected chi connectivity index (χ3v) is 6.65. The van der Waals surface area contributed by atoms with Gasteiger partial charge in [-0.05, 0) is 52.1 Å². The first-order chi connectivity index (χ1) is 13.1. The minimum atomic E-state index is -0.214. The van der Waals surface area contributed by atoms with Gasteiger partial charge in [-0.3, -0.25) is 14.5 Å². The minimum Gasteiger partial charge on any atom is -0.338 e. The van der Waals surface area contributed by atoms with E-state index in [1.54, 1.807) is 0 Å². The summed E-state index contributed by atoms with van der Waals surface area (Å²) in [5, 5.41) is 0. The number of likely N-dealkylation sites (tertiary alicyclic amines) is 2. The second kappa shape index (κ2) is 9.87. The molecule has 6 nitrogen and oxygen atoms in total. The van der Waals surface area contributed by atoms with Crippen LogP contribution in [0.5, 0.6) is 0 Å². The molecule has 3 aliphatic rings. The van der Waals surface area contributed by atoms with Gasteiger partial charge in [0.2, 0.25) is 11.8 Å². The zero-order chi connectivity index (χ0) is 19.2. The Morgan fingerprint density at radius 2 is 1.59 bits per heavy atom. The zero-order valence-electron chi connectivity index (χ0n) is 17.4. The first kappa shape index (κ1) is 20.6. The molecule has 3 fully saturated rings. The average molecular weight is 379 g/mol. The Kier molecular flexibility index (Phi) is 7.53. The largest absolute Gasteiger partial charge is 0.338 e. The molecule has 0 saturated carbocycles. The summed E-state index contributed by atoms with van der Waals surface area (Å²) >= 11 is 0. The Hall–Kier alpha value is -1.14. The van der Waals surface area contributed by atoms with Gasteiger partial charge in [-0.1, -0.05) is 13.3 Å². The lowest BCUT2D eigenvalue weighted by Crippen LogP contribution is -2.58. The maximum absolute atomic E-state index is 13.1. The van der Waals surface area contributed by atoms with Crippen molar-refractivity contribution in [1.29, 1.82) is 0 Å². The van der Waals surface area contributed by atoms with Gasteiger partial charge in [0.05, 0.1) is 0 Å². The molecule has 0 aliphatic carbocycles. The molecule has 3 saturated heterocycles. The Labute approximate surface area is 164 Å². The maximum Gasteiger partial charge on any atom is 0.245 e. The van der Waals surface area contributed by atoms with Gasteiger partial charge in [-0.25, -0.2) is 0 Å². The molecule has 27 heavy (non-hydrogen) atoms. The van der Waals surface area contributed by atoms with Crippen LogP contribution in [0.25, 0.3) is 0 Å². The number of amides is 2. The number of likely N-dealkylation sites (N-methyl/N-ethyl adjacent to an activating group) is 1. The molecule has 0 spiro atoms. The lowest BCUT2D eigenvalue weighted by atomic mass is 9.99. The SMILES string of the molecule is CCCC(=O)N1CCCCC1C(=O)N1CCN(CC2CCCCN2C)CC1. The third-order valence-electron chi connectivity index (χ3n) is 6.65. The van der Waals surface area contributed by atoms with Crippen LogP contribution >= 0.6 is 0 Å².